The van der Waals surface area contributed by atoms with E-state index in [2.05, 4.69) is 10.3 Å². The van der Waals surface area contributed by atoms with Gasteiger partial charge in [0.1, 0.15) is 0 Å². The number of aromatic nitrogens is 1. The van der Waals surface area contributed by atoms with Crippen LogP contribution in [-0.2, 0) is 4.79 Å². The molecule has 1 heterocycles. The quantitative estimate of drug-likeness (QED) is 0.689. The Morgan fingerprint density at radius 2 is 2.24 bits per heavy atom. The largest absolute Gasteiger partial charge is 0.481 e. The summed E-state index contributed by atoms with van der Waals surface area (Å²) in [6.07, 6.45) is 1.74. The highest BCUT2D eigenvalue weighted by Gasteiger charge is 2.11. The smallest absolute Gasteiger partial charge is 0.303 e. The zero-order valence-electron chi connectivity index (χ0n) is 9.40. The monoisotopic (exact) mass is 238 g/mol. The second-order valence-electron chi connectivity index (χ2n) is 3.75. The topological polar surface area (TPSA) is 99.3 Å². The van der Waals surface area contributed by atoms with Gasteiger partial charge in [0.25, 0.3) is 5.91 Å². The van der Waals surface area contributed by atoms with E-state index in [0.29, 0.717) is 6.42 Å². The Morgan fingerprint density at radius 1 is 1.53 bits per heavy atom. The maximum Gasteiger partial charge on any atom is 0.303 e. The molecule has 0 radical (unpaired) electrons. The summed E-state index contributed by atoms with van der Waals surface area (Å²) >= 11 is 0. The molecule has 92 valence electrons. The SMILES string of the molecule is CC(CCC(=O)O)NC(=O)c1cc[nH]c(=O)c1. The first-order valence-corrected chi connectivity index (χ1v) is 5.20. The van der Waals surface area contributed by atoms with Crippen molar-refractivity contribution in [2.24, 2.45) is 0 Å². The van der Waals surface area contributed by atoms with E-state index < -0.39 is 5.97 Å². The Hall–Kier alpha value is -2.11. The molecule has 1 atom stereocenters. The first kappa shape index (κ1) is 13.0. The first-order valence-electron chi connectivity index (χ1n) is 5.20. The molecule has 6 heteroatoms. The van der Waals surface area contributed by atoms with E-state index in [0.717, 1.165) is 0 Å². The molecule has 3 N–H and O–H groups in total. The van der Waals surface area contributed by atoms with Crippen molar-refractivity contribution in [3.05, 3.63) is 34.2 Å². The second kappa shape index (κ2) is 5.83. The highest BCUT2D eigenvalue weighted by atomic mass is 16.4. The van der Waals surface area contributed by atoms with Gasteiger partial charge in [-0.3, -0.25) is 14.4 Å². The number of aliphatic carboxylic acids is 1. The summed E-state index contributed by atoms with van der Waals surface area (Å²) < 4.78 is 0. The highest BCUT2D eigenvalue weighted by Crippen LogP contribution is 1.99. The van der Waals surface area contributed by atoms with Gasteiger partial charge in [0.15, 0.2) is 0 Å². The van der Waals surface area contributed by atoms with Crippen molar-refractivity contribution < 1.29 is 14.7 Å². The van der Waals surface area contributed by atoms with Gasteiger partial charge in [-0.1, -0.05) is 0 Å². The van der Waals surface area contributed by atoms with Crippen molar-refractivity contribution in [3.63, 3.8) is 0 Å². The van der Waals surface area contributed by atoms with E-state index in [1.807, 2.05) is 0 Å². The molecular weight excluding hydrogens is 224 g/mol. The van der Waals surface area contributed by atoms with Crippen LogP contribution >= 0.6 is 0 Å². The Morgan fingerprint density at radius 3 is 2.82 bits per heavy atom. The van der Waals surface area contributed by atoms with E-state index >= 15 is 0 Å². The lowest BCUT2D eigenvalue weighted by atomic mass is 10.1. The predicted molar refractivity (Wildman–Crippen MR) is 60.9 cm³/mol. The summed E-state index contributed by atoms with van der Waals surface area (Å²) in [5.41, 5.74) is -0.0910. The van der Waals surface area contributed by atoms with Crippen LogP contribution in [0.1, 0.15) is 30.1 Å². The fraction of sp³-hybridized carbons (Fsp3) is 0.364. The predicted octanol–water partition coefficient (Wildman–Crippen LogP) is 0.358. The van der Waals surface area contributed by atoms with Crippen LogP contribution in [0.5, 0.6) is 0 Å². The van der Waals surface area contributed by atoms with Gasteiger partial charge >= 0.3 is 5.97 Å². The van der Waals surface area contributed by atoms with E-state index in [1.165, 1.54) is 18.3 Å². The minimum atomic E-state index is -0.901. The number of hydrogen-bond acceptors (Lipinski definition) is 3. The molecule has 1 amide bonds. The molecule has 0 aliphatic rings. The maximum absolute atomic E-state index is 11.6. The lowest BCUT2D eigenvalue weighted by Crippen LogP contribution is -2.33. The molecule has 0 saturated carbocycles. The summed E-state index contributed by atoms with van der Waals surface area (Å²) in [6.45, 7) is 1.72. The number of aromatic amines is 1. The van der Waals surface area contributed by atoms with Gasteiger partial charge in [0.2, 0.25) is 5.56 Å². The van der Waals surface area contributed by atoms with E-state index in [4.69, 9.17) is 5.11 Å². The Labute approximate surface area is 97.7 Å². The van der Waals surface area contributed by atoms with E-state index in [-0.39, 0.29) is 29.5 Å². The molecule has 1 unspecified atom stereocenters. The zero-order valence-corrected chi connectivity index (χ0v) is 9.40. The average Bonchev–Trinajstić information content (AvgIpc) is 2.26. The van der Waals surface area contributed by atoms with E-state index in [9.17, 15) is 14.4 Å². The Balaban J connectivity index is 2.54. The molecule has 17 heavy (non-hydrogen) atoms. The number of nitrogens with one attached hydrogen (secondary N) is 2. The van der Waals surface area contributed by atoms with Gasteiger partial charge in [0, 0.05) is 30.3 Å². The molecule has 0 aliphatic carbocycles. The minimum Gasteiger partial charge on any atom is -0.481 e. The van der Waals surface area contributed by atoms with Gasteiger partial charge < -0.3 is 15.4 Å². The summed E-state index contributed by atoms with van der Waals surface area (Å²) in [6, 6.07) is 2.43. The maximum atomic E-state index is 11.6. The van der Waals surface area contributed by atoms with Crippen LogP contribution in [0.4, 0.5) is 0 Å². The normalized spacial score (nSPS) is 11.8. The summed E-state index contributed by atoms with van der Waals surface area (Å²) in [7, 11) is 0. The van der Waals surface area contributed by atoms with Crippen molar-refractivity contribution in [2.75, 3.05) is 0 Å². The van der Waals surface area contributed by atoms with Crippen molar-refractivity contribution >= 4 is 11.9 Å². The Kier molecular flexibility index (Phi) is 4.45. The third-order valence-electron chi connectivity index (χ3n) is 2.21. The fourth-order valence-electron chi connectivity index (χ4n) is 1.31. The van der Waals surface area contributed by atoms with Gasteiger partial charge in [-0.25, -0.2) is 0 Å². The lowest BCUT2D eigenvalue weighted by Gasteiger charge is -2.12. The summed E-state index contributed by atoms with van der Waals surface area (Å²) in [4.78, 5) is 35.4. The number of hydrogen-bond donors (Lipinski definition) is 3. The molecule has 0 spiro atoms. The summed E-state index contributed by atoms with van der Waals surface area (Å²) in [5.74, 6) is -1.28. The molecule has 0 aliphatic heterocycles. The number of rotatable bonds is 5. The number of carbonyl (C=O) groups is 2. The highest BCUT2D eigenvalue weighted by molar-refractivity contribution is 5.94. The third kappa shape index (κ3) is 4.50. The van der Waals surface area contributed by atoms with Crippen LogP contribution in [0.15, 0.2) is 23.1 Å². The minimum absolute atomic E-state index is 0.00316. The molecule has 0 fully saturated rings. The molecular formula is C11H14N2O4. The van der Waals surface area contributed by atoms with Gasteiger partial charge in [-0.2, -0.15) is 0 Å². The zero-order chi connectivity index (χ0) is 12.8. The van der Waals surface area contributed by atoms with Crippen LogP contribution in [0.3, 0.4) is 0 Å². The van der Waals surface area contributed by atoms with Crippen LogP contribution in [0.2, 0.25) is 0 Å². The van der Waals surface area contributed by atoms with Crippen molar-refractivity contribution in [2.45, 2.75) is 25.8 Å². The van der Waals surface area contributed by atoms with Crippen molar-refractivity contribution in [1.29, 1.82) is 0 Å². The van der Waals surface area contributed by atoms with Crippen molar-refractivity contribution in [1.82, 2.24) is 10.3 Å². The number of pyridine rings is 1. The fourth-order valence-corrected chi connectivity index (χ4v) is 1.31. The molecule has 0 saturated heterocycles. The van der Waals surface area contributed by atoms with Crippen LogP contribution in [0.25, 0.3) is 0 Å². The third-order valence-corrected chi connectivity index (χ3v) is 2.21. The molecule has 0 bridgehead atoms. The number of H-pyrrole nitrogens is 1. The molecule has 1 aromatic rings. The van der Waals surface area contributed by atoms with Crippen LogP contribution < -0.4 is 10.9 Å². The first-order chi connectivity index (χ1) is 7.99. The number of carboxylic acids is 1. The van der Waals surface area contributed by atoms with Gasteiger partial charge in [-0.15, -0.1) is 0 Å². The molecule has 0 aromatic carbocycles. The van der Waals surface area contributed by atoms with Crippen molar-refractivity contribution in [3.8, 4) is 0 Å². The number of carboxylic acid groups (broad SMARTS) is 1. The van der Waals surface area contributed by atoms with Gasteiger partial charge in [-0.05, 0) is 19.4 Å². The average molecular weight is 238 g/mol. The lowest BCUT2D eigenvalue weighted by molar-refractivity contribution is -0.137. The summed E-state index contributed by atoms with van der Waals surface area (Å²) in [5, 5.41) is 11.1. The van der Waals surface area contributed by atoms with E-state index in [1.54, 1.807) is 6.92 Å². The standard InChI is InChI=1S/C11H14N2O4/c1-7(2-3-10(15)16)13-11(17)8-4-5-12-9(14)6-8/h4-7H,2-3H2,1H3,(H,12,14)(H,13,17)(H,15,16). The van der Waals surface area contributed by atoms with Crippen LogP contribution in [0, 0.1) is 0 Å². The number of amides is 1. The Bertz CT molecular complexity index is 467. The second-order valence-corrected chi connectivity index (χ2v) is 3.75. The number of carbonyl (C=O) groups excluding carboxylic acids is 1. The van der Waals surface area contributed by atoms with Crippen LogP contribution in [-0.4, -0.2) is 28.0 Å². The molecule has 1 rings (SSSR count). The molecule has 1 aromatic heterocycles. The molecule has 6 nitrogen and oxygen atoms in total. The van der Waals surface area contributed by atoms with Gasteiger partial charge in [0.05, 0.1) is 0 Å².